The molecule has 0 saturated heterocycles. The number of aliphatic hydroxyl groups excluding tert-OH is 1. The first kappa shape index (κ1) is 27.5. The Morgan fingerprint density at radius 1 is 0.842 bits per heavy atom. The van der Waals surface area contributed by atoms with Gasteiger partial charge >= 0.3 is 23.9 Å². The molecule has 0 fully saturated rings. The van der Waals surface area contributed by atoms with Gasteiger partial charge in [0.25, 0.3) is 0 Å². The van der Waals surface area contributed by atoms with Gasteiger partial charge < -0.3 is 49.2 Å². The number of esters is 4. The average molecular weight is 536 g/mol. The minimum absolute atomic E-state index is 0.0814. The zero-order valence-electron chi connectivity index (χ0n) is 19.6. The molecule has 15 heteroatoms. The monoisotopic (exact) mass is 536 g/mol. The van der Waals surface area contributed by atoms with Crippen molar-refractivity contribution in [1.29, 1.82) is 0 Å². The quantitative estimate of drug-likeness (QED) is 0.104. The molecule has 0 amide bonds. The highest BCUT2D eigenvalue weighted by Gasteiger charge is 2.43. The van der Waals surface area contributed by atoms with Gasteiger partial charge in [-0.05, 0) is 17.7 Å². The van der Waals surface area contributed by atoms with E-state index in [2.05, 4.69) is 9.47 Å². The van der Waals surface area contributed by atoms with E-state index in [1.807, 2.05) is 0 Å². The van der Waals surface area contributed by atoms with E-state index < -0.39 is 101 Å². The van der Waals surface area contributed by atoms with Crippen LogP contribution in [0, 0.1) is 0 Å². The molecule has 2 aromatic rings. The molecule has 202 valence electrons. The Morgan fingerprint density at radius 3 is 2.00 bits per heavy atom. The molecule has 0 radical (unpaired) electrons. The van der Waals surface area contributed by atoms with Crippen LogP contribution in [0.25, 0.3) is 0 Å². The summed E-state index contributed by atoms with van der Waals surface area (Å²) in [5.74, 6) is -12.1. The van der Waals surface area contributed by atoms with Crippen LogP contribution in [-0.4, -0.2) is 75.5 Å². The van der Waals surface area contributed by atoms with Crippen molar-refractivity contribution >= 4 is 29.7 Å². The number of phenols is 4. The summed E-state index contributed by atoms with van der Waals surface area (Å²) in [5.41, 5.74) is -0.935. The van der Waals surface area contributed by atoms with Crippen LogP contribution in [0.5, 0.6) is 40.2 Å². The highest BCUT2D eigenvalue weighted by atomic mass is 16.6. The molecule has 0 bridgehead atoms. The van der Waals surface area contributed by atoms with Crippen molar-refractivity contribution in [2.45, 2.75) is 25.0 Å². The van der Waals surface area contributed by atoms with Crippen molar-refractivity contribution in [3.8, 4) is 40.2 Å². The van der Waals surface area contributed by atoms with Crippen molar-refractivity contribution in [2.24, 2.45) is 0 Å². The third-order valence-electron chi connectivity index (χ3n) is 5.16. The number of hydrogen-bond acceptors (Lipinski definition) is 15. The van der Waals surface area contributed by atoms with E-state index in [1.165, 1.54) is 6.07 Å². The second kappa shape index (κ2) is 10.9. The van der Waals surface area contributed by atoms with Crippen molar-refractivity contribution in [2.75, 3.05) is 14.2 Å². The van der Waals surface area contributed by atoms with Crippen molar-refractivity contribution in [1.82, 2.24) is 0 Å². The number of ketones is 1. The molecule has 0 aromatic heterocycles. The summed E-state index contributed by atoms with van der Waals surface area (Å²) in [6.07, 6.45) is -5.42. The van der Waals surface area contributed by atoms with E-state index in [0.717, 1.165) is 26.4 Å². The number of ether oxygens (including phenoxy) is 5. The van der Waals surface area contributed by atoms with Crippen LogP contribution in [0.1, 0.15) is 34.9 Å². The number of carbonyl (C=O) groups excluding carboxylic acids is 5. The van der Waals surface area contributed by atoms with Gasteiger partial charge in [-0.25, -0.2) is 0 Å². The van der Waals surface area contributed by atoms with Gasteiger partial charge in [-0.1, -0.05) is 6.07 Å². The van der Waals surface area contributed by atoms with Gasteiger partial charge in [-0.2, -0.15) is 0 Å². The minimum atomic E-state index is -2.07. The second-order valence-corrected chi connectivity index (χ2v) is 7.61. The van der Waals surface area contributed by atoms with Crippen LogP contribution in [0.4, 0.5) is 0 Å². The van der Waals surface area contributed by atoms with Gasteiger partial charge in [0.2, 0.25) is 23.0 Å². The predicted octanol–water partition coefficient (Wildman–Crippen LogP) is 0.123. The third kappa shape index (κ3) is 5.36. The SMILES string of the molecule is COC(=O)CC(=O)Oc1cc(C2Oc3c(O)c(O)c(OC(=O)CC(=O)OC)c(O)c3C(=O)C2O)ccc1O. The Bertz CT molecular complexity index is 1330. The topological polar surface area (TPSA) is 233 Å². The van der Waals surface area contributed by atoms with Gasteiger partial charge in [-0.3, -0.25) is 24.0 Å². The molecule has 2 unspecified atom stereocenters. The van der Waals surface area contributed by atoms with Gasteiger partial charge in [0.15, 0.2) is 35.2 Å². The summed E-state index contributed by atoms with van der Waals surface area (Å²) in [6, 6.07) is 3.18. The zero-order valence-corrected chi connectivity index (χ0v) is 19.6. The highest BCUT2D eigenvalue weighted by molar-refractivity contribution is 6.08. The predicted molar refractivity (Wildman–Crippen MR) is 118 cm³/mol. The first-order valence-corrected chi connectivity index (χ1v) is 10.5. The number of phenolic OH excluding ortho intramolecular Hbond substituents is 4. The van der Waals surface area contributed by atoms with E-state index in [-0.39, 0.29) is 5.56 Å². The lowest BCUT2D eigenvalue weighted by molar-refractivity contribution is -0.150. The zero-order chi connectivity index (χ0) is 28.3. The standard InChI is InChI=1S/C23H20O15/c1-34-11(25)6-13(27)36-10-5-8(3-4-9(10)24)21-18(31)16(29)15-17(30)23(20(33)19(32)22(15)38-21)37-14(28)7-12(26)35-2/h3-5,18,21,24,30-33H,6-7H2,1-2H3. The fourth-order valence-electron chi connectivity index (χ4n) is 3.31. The van der Waals surface area contributed by atoms with Crippen LogP contribution >= 0.6 is 0 Å². The number of hydrogen-bond donors (Lipinski definition) is 5. The number of benzene rings is 2. The maximum absolute atomic E-state index is 12.9. The van der Waals surface area contributed by atoms with Crippen molar-refractivity contribution in [3.05, 3.63) is 29.3 Å². The molecular weight excluding hydrogens is 516 g/mol. The van der Waals surface area contributed by atoms with E-state index in [9.17, 15) is 49.5 Å². The highest BCUT2D eigenvalue weighted by Crippen LogP contribution is 2.55. The Balaban J connectivity index is 1.96. The van der Waals surface area contributed by atoms with Crippen molar-refractivity contribution in [3.63, 3.8) is 0 Å². The Kier molecular flexibility index (Phi) is 7.91. The normalized spacial score (nSPS) is 16.0. The largest absolute Gasteiger partial charge is 0.504 e. The van der Waals surface area contributed by atoms with E-state index in [0.29, 0.717) is 0 Å². The maximum Gasteiger partial charge on any atom is 0.322 e. The molecule has 15 nitrogen and oxygen atoms in total. The minimum Gasteiger partial charge on any atom is -0.504 e. The molecule has 5 N–H and O–H groups in total. The van der Waals surface area contributed by atoms with Crippen LogP contribution in [0.3, 0.4) is 0 Å². The summed E-state index contributed by atoms with van der Waals surface area (Å²) in [6.45, 7) is 0. The number of methoxy groups -OCH3 is 2. The molecule has 0 saturated carbocycles. The van der Waals surface area contributed by atoms with E-state index in [4.69, 9.17) is 14.2 Å². The van der Waals surface area contributed by atoms with Gasteiger partial charge in [0.1, 0.15) is 18.4 Å². The molecular formula is C23H20O15. The number of fused-ring (bicyclic) bond motifs is 1. The first-order chi connectivity index (χ1) is 17.9. The number of rotatable bonds is 7. The average Bonchev–Trinajstić information content (AvgIpc) is 2.87. The second-order valence-electron chi connectivity index (χ2n) is 7.61. The summed E-state index contributed by atoms with van der Waals surface area (Å²) in [5, 5.41) is 51.8. The number of carbonyl (C=O) groups is 5. The lowest BCUT2D eigenvalue weighted by atomic mass is 9.92. The maximum atomic E-state index is 12.9. The van der Waals surface area contributed by atoms with Gasteiger partial charge in [-0.15, -0.1) is 0 Å². The van der Waals surface area contributed by atoms with Crippen molar-refractivity contribution < 1.29 is 73.2 Å². The molecule has 2 atom stereocenters. The fourth-order valence-corrected chi connectivity index (χ4v) is 3.31. The summed E-state index contributed by atoms with van der Waals surface area (Å²) < 4.78 is 23.7. The summed E-state index contributed by atoms with van der Waals surface area (Å²) in [7, 11) is 2.04. The van der Waals surface area contributed by atoms with Crippen LogP contribution in [0.15, 0.2) is 18.2 Å². The van der Waals surface area contributed by atoms with Gasteiger partial charge in [0.05, 0.1) is 14.2 Å². The Hall–Kier alpha value is -5.05. The number of aliphatic hydroxyl groups is 1. The molecule has 38 heavy (non-hydrogen) atoms. The molecule has 1 aliphatic heterocycles. The Morgan fingerprint density at radius 2 is 1.42 bits per heavy atom. The van der Waals surface area contributed by atoms with E-state index in [1.54, 1.807) is 0 Å². The smallest absolute Gasteiger partial charge is 0.322 e. The van der Waals surface area contributed by atoms with Gasteiger partial charge in [0, 0.05) is 0 Å². The molecule has 3 rings (SSSR count). The number of Topliss-reactive ketones (excluding diaryl/α,β-unsaturated/α-hetero) is 1. The third-order valence-corrected chi connectivity index (χ3v) is 5.16. The summed E-state index contributed by atoms with van der Waals surface area (Å²) in [4.78, 5) is 59.2. The lowest BCUT2D eigenvalue weighted by Crippen LogP contribution is -2.36. The fraction of sp³-hybridized carbons (Fsp3) is 0.261. The Labute approximate surface area is 212 Å². The van der Waals surface area contributed by atoms with E-state index >= 15 is 0 Å². The first-order valence-electron chi connectivity index (χ1n) is 10.5. The number of aromatic hydroxyl groups is 4. The van der Waals surface area contributed by atoms with Crippen LogP contribution in [0.2, 0.25) is 0 Å². The van der Waals surface area contributed by atoms with Crippen LogP contribution in [-0.2, 0) is 28.7 Å². The van der Waals surface area contributed by atoms with Crippen LogP contribution < -0.4 is 14.2 Å². The summed E-state index contributed by atoms with van der Waals surface area (Å²) >= 11 is 0. The molecule has 0 spiro atoms. The molecule has 1 heterocycles. The molecule has 2 aromatic carbocycles. The lowest BCUT2D eigenvalue weighted by Gasteiger charge is -2.31. The molecule has 1 aliphatic rings. The molecule has 0 aliphatic carbocycles.